The number of fused-ring (bicyclic) bond motifs is 11. The van der Waals surface area contributed by atoms with Crippen molar-refractivity contribution in [3.05, 3.63) is 158 Å². The van der Waals surface area contributed by atoms with Crippen LogP contribution in [0.5, 0.6) is 0 Å². The normalized spacial score (nSPS) is 12.2. The van der Waals surface area contributed by atoms with E-state index in [1.807, 2.05) is 17.4 Å². The number of hydrogen-bond donors (Lipinski definition) is 0. The average Bonchev–Trinajstić information content (AvgIpc) is 3.88. The van der Waals surface area contributed by atoms with Gasteiger partial charge in [-0.1, -0.05) is 97.1 Å². The highest BCUT2D eigenvalue weighted by molar-refractivity contribution is 7.25. The first-order valence-corrected chi connectivity index (χ1v) is 17.1. The first-order valence-electron chi connectivity index (χ1n) is 16.3. The predicted octanol–water partition coefficient (Wildman–Crippen LogP) is 12.7. The van der Waals surface area contributed by atoms with Crippen LogP contribution in [-0.4, -0.2) is 9.13 Å². The topological polar surface area (TPSA) is 23.0 Å². The molecule has 0 aliphatic rings. The largest absolute Gasteiger partial charge is 0.439 e. The minimum atomic E-state index is 0.878. The Morgan fingerprint density at radius 3 is 1.88 bits per heavy atom. The summed E-state index contributed by atoms with van der Waals surface area (Å²) >= 11 is 1.86. The van der Waals surface area contributed by atoms with Gasteiger partial charge < -0.3 is 8.98 Å². The highest BCUT2D eigenvalue weighted by Crippen LogP contribution is 2.44. The monoisotopic (exact) mass is 630 g/mol. The fourth-order valence-corrected chi connectivity index (χ4v) is 8.93. The molecule has 4 heteroatoms. The molecule has 11 rings (SSSR count). The first-order chi connectivity index (χ1) is 23.8. The van der Waals surface area contributed by atoms with Gasteiger partial charge in [0.25, 0.3) is 0 Å². The second-order valence-electron chi connectivity index (χ2n) is 12.5. The van der Waals surface area contributed by atoms with E-state index in [9.17, 15) is 0 Å². The number of thiophene rings is 1. The lowest BCUT2D eigenvalue weighted by Crippen LogP contribution is -1.94. The summed E-state index contributed by atoms with van der Waals surface area (Å²) in [5.41, 5.74) is 10.0. The molecule has 224 valence electrons. The summed E-state index contributed by atoms with van der Waals surface area (Å²) in [6, 6.07) is 56.9. The molecule has 0 atom stereocenters. The fourth-order valence-electron chi connectivity index (χ4n) is 7.87. The van der Waals surface area contributed by atoms with Crippen molar-refractivity contribution in [2.45, 2.75) is 0 Å². The van der Waals surface area contributed by atoms with Crippen molar-refractivity contribution in [2.24, 2.45) is 0 Å². The third kappa shape index (κ3) is 3.52. The minimum Gasteiger partial charge on any atom is -0.439 e. The van der Waals surface area contributed by atoms with Gasteiger partial charge in [0.1, 0.15) is 5.58 Å². The Labute approximate surface area is 279 Å². The van der Waals surface area contributed by atoms with E-state index in [4.69, 9.17) is 4.42 Å². The second-order valence-corrected chi connectivity index (χ2v) is 13.6. The smallest absolute Gasteiger partial charge is 0.213 e. The molecule has 11 aromatic rings. The molecule has 4 aromatic heterocycles. The van der Waals surface area contributed by atoms with E-state index in [2.05, 4.69) is 161 Å². The maximum Gasteiger partial charge on any atom is 0.213 e. The molecule has 0 fully saturated rings. The number of para-hydroxylation sites is 5. The molecule has 0 bridgehead atoms. The Morgan fingerprint density at radius 2 is 1.08 bits per heavy atom. The lowest BCUT2D eigenvalue weighted by molar-refractivity contribution is 0.645. The number of hydrogen-bond acceptors (Lipinski definition) is 2. The number of nitrogens with zero attached hydrogens (tertiary/aromatic N) is 2. The number of benzene rings is 7. The summed E-state index contributed by atoms with van der Waals surface area (Å²) in [5.74, 6) is 0. The summed E-state index contributed by atoms with van der Waals surface area (Å²) in [7, 11) is 0. The van der Waals surface area contributed by atoms with Crippen molar-refractivity contribution >= 4 is 86.3 Å². The molecule has 0 spiro atoms. The Bertz CT molecular complexity index is 3010. The van der Waals surface area contributed by atoms with Gasteiger partial charge in [-0.05, 0) is 66.2 Å². The average molecular weight is 631 g/mol. The van der Waals surface area contributed by atoms with Gasteiger partial charge in [0.05, 0.1) is 21.9 Å². The summed E-state index contributed by atoms with van der Waals surface area (Å²) in [6.07, 6.45) is 0. The molecule has 0 saturated carbocycles. The highest BCUT2D eigenvalue weighted by Gasteiger charge is 2.22. The zero-order valence-electron chi connectivity index (χ0n) is 25.7. The maximum absolute atomic E-state index is 6.60. The van der Waals surface area contributed by atoms with E-state index in [-0.39, 0.29) is 0 Å². The Kier molecular flexibility index (Phi) is 5.26. The number of furan rings is 1. The second kappa shape index (κ2) is 9.71. The zero-order chi connectivity index (χ0) is 31.3. The molecule has 48 heavy (non-hydrogen) atoms. The highest BCUT2D eigenvalue weighted by atomic mass is 32.1. The third-order valence-corrected chi connectivity index (χ3v) is 11.1. The molecule has 7 aromatic carbocycles. The molecule has 0 radical (unpaired) electrons. The SMILES string of the molecule is c1ccc(-n2c3oc4ccccc4c3c3cccc(-c4ccc5sc6ccc(-n7c8ccccc8c8ccccc87)cc6c5c4)c32)cc1. The van der Waals surface area contributed by atoms with Crippen LogP contribution in [0.4, 0.5) is 0 Å². The third-order valence-electron chi connectivity index (χ3n) is 9.93. The van der Waals surface area contributed by atoms with Gasteiger partial charge in [0, 0.05) is 58.7 Å². The lowest BCUT2D eigenvalue weighted by Gasteiger charge is -2.11. The van der Waals surface area contributed by atoms with Crippen LogP contribution < -0.4 is 0 Å². The Morgan fingerprint density at radius 1 is 0.438 bits per heavy atom. The van der Waals surface area contributed by atoms with Gasteiger partial charge in [-0.25, -0.2) is 0 Å². The van der Waals surface area contributed by atoms with Gasteiger partial charge in [-0.15, -0.1) is 11.3 Å². The van der Waals surface area contributed by atoms with E-state index in [0.717, 1.165) is 33.3 Å². The molecule has 0 aliphatic carbocycles. The molecule has 0 saturated heterocycles. The summed E-state index contributed by atoms with van der Waals surface area (Å²) in [5, 5.41) is 8.60. The van der Waals surface area contributed by atoms with E-state index < -0.39 is 0 Å². The van der Waals surface area contributed by atoms with Crippen molar-refractivity contribution in [3.8, 4) is 22.5 Å². The van der Waals surface area contributed by atoms with Gasteiger partial charge in [0.2, 0.25) is 5.71 Å². The van der Waals surface area contributed by atoms with Crippen LogP contribution in [0.15, 0.2) is 162 Å². The minimum absolute atomic E-state index is 0.878. The molecular weight excluding hydrogens is 605 g/mol. The summed E-state index contributed by atoms with van der Waals surface area (Å²) in [6.45, 7) is 0. The van der Waals surface area contributed by atoms with E-state index >= 15 is 0 Å². The zero-order valence-corrected chi connectivity index (χ0v) is 26.5. The van der Waals surface area contributed by atoms with E-state index in [1.165, 1.54) is 64.2 Å². The molecule has 0 unspecified atom stereocenters. The Balaban J connectivity index is 1.18. The van der Waals surface area contributed by atoms with Crippen LogP contribution in [0.2, 0.25) is 0 Å². The van der Waals surface area contributed by atoms with Gasteiger partial charge in [0.15, 0.2) is 0 Å². The van der Waals surface area contributed by atoms with Crippen LogP contribution in [0.1, 0.15) is 0 Å². The molecular formula is C44H26N2OS. The molecule has 3 nitrogen and oxygen atoms in total. The van der Waals surface area contributed by atoms with Gasteiger partial charge in [-0.2, -0.15) is 0 Å². The Hall–Kier alpha value is -6.10. The van der Waals surface area contributed by atoms with Crippen molar-refractivity contribution in [2.75, 3.05) is 0 Å². The van der Waals surface area contributed by atoms with E-state index in [0.29, 0.717) is 0 Å². The van der Waals surface area contributed by atoms with Gasteiger partial charge in [-0.3, -0.25) is 4.57 Å². The molecule has 0 N–H and O–H groups in total. The lowest BCUT2D eigenvalue weighted by atomic mass is 9.99. The fraction of sp³-hybridized carbons (Fsp3) is 0. The van der Waals surface area contributed by atoms with Crippen LogP contribution >= 0.6 is 11.3 Å². The van der Waals surface area contributed by atoms with Crippen molar-refractivity contribution in [3.63, 3.8) is 0 Å². The molecule has 0 amide bonds. The van der Waals surface area contributed by atoms with Crippen LogP contribution in [0.25, 0.3) is 97.5 Å². The quantitative estimate of drug-likeness (QED) is 0.190. The first kappa shape index (κ1) is 26.0. The van der Waals surface area contributed by atoms with Crippen LogP contribution in [0.3, 0.4) is 0 Å². The summed E-state index contributed by atoms with van der Waals surface area (Å²) < 4.78 is 13.9. The number of aromatic nitrogens is 2. The van der Waals surface area contributed by atoms with Gasteiger partial charge >= 0.3 is 0 Å². The standard InChI is InChI=1S/C44H26N2OS/c1-2-11-28(12-3-1)46-43-30(16-10-17-34(43)42-33-15-6-9-20-39(33)47-44(42)46)27-21-23-40-35(25-27)36-26-29(22-24-41(36)48-40)45-37-18-7-4-13-31(37)32-14-5-8-19-38(32)45/h1-26H. The van der Waals surface area contributed by atoms with Crippen molar-refractivity contribution < 1.29 is 4.42 Å². The van der Waals surface area contributed by atoms with Crippen molar-refractivity contribution in [1.29, 1.82) is 0 Å². The van der Waals surface area contributed by atoms with Crippen molar-refractivity contribution in [1.82, 2.24) is 9.13 Å². The van der Waals surface area contributed by atoms with E-state index in [1.54, 1.807) is 0 Å². The predicted molar refractivity (Wildman–Crippen MR) is 203 cm³/mol. The molecule has 4 heterocycles. The molecule has 0 aliphatic heterocycles. The maximum atomic E-state index is 6.60. The van der Waals surface area contributed by atoms with Crippen LogP contribution in [0, 0.1) is 0 Å². The summed E-state index contributed by atoms with van der Waals surface area (Å²) in [4.78, 5) is 0. The van der Waals surface area contributed by atoms with Crippen LogP contribution in [-0.2, 0) is 0 Å². The number of rotatable bonds is 3.